The summed E-state index contributed by atoms with van der Waals surface area (Å²) in [4.78, 5) is 12.2. The van der Waals surface area contributed by atoms with Crippen LogP contribution in [0.1, 0.15) is 21.5 Å². The van der Waals surface area contributed by atoms with Gasteiger partial charge in [0.05, 0.1) is 16.1 Å². The molecule has 0 aliphatic heterocycles. The maximum absolute atomic E-state index is 13.0. The lowest BCUT2D eigenvalue weighted by molar-refractivity contribution is -0.137. The number of nitrogen functional groups attached to an aromatic ring is 1. The number of nitrogens with one attached hydrogen (secondary N) is 2. The van der Waals surface area contributed by atoms with Crippen molar-refractivity contribution in [3.63, 3.8) is 0 Å². The first kappa shape index (κ1) is 16.8. The smallest absolute Gasteiger partial charge is 0.398 e. The Hall–Kier alpha value is -2.54. The van der Waals surface area contributed by atoms with Gasteiger partial charge in [-0.3, -0.25) is 4.79 Å². The lowest BCUT2D eigenvalue weighted by Gasteiger charge is -2.14. The second kappa shape index (κ2) is 6.29. The van der Waals surface area contributed by atoms with Crippen LogP contribution < -0.4 is 11.1 Å². The third-order valence-corrected chi connectivity index (χ3v) is 3.36. The monoisotopic (exact) mass is 341 g/mol. The molecule has 0 bridgehead atoms. The van der Waals surface area contributed by atoms with E-state index in [1.807, 2.05) is 0 Å². The topological polar surface area (TPSA) is 79.0 Å². The number of rotatable bonds is 3. The van der Waals surface area contributed by atoms with E-state index in [-0.39, 0.29) is 16.4 Å². The number of alkyl halides is 3. The van der Waals surface area contributed by atoms with Crippen LogP contribution in [-0.4, -0.2) is 12.1 Å². The van der Waals surface area contributed by atoms with Crippen molar-refractivity contribution >= 4 is 35.1 Å². The van der Waals surface area contributed by atoms with Crippen LogP contribution in [0, 0.1) is 5.41 Å². The van der Waals surface area contributed by atoms with Crippen molar-refractivity contribution in [3.8, 4) is 0 Å². The summed E-state index contributed by atoms with van der Waals surface area (Å²) >= 11 is 5.76. The molecule has 4 nitrogen and oxygen atoms in total. The summed E-state index contributed by atoms with van der Waals surface area (Å²) in [6.45, 7) is 0. The molecular weight excluding hydrogens is 331 g/mol. The Labute approximate surface area is 134 Å². The van der Waals surface area contributed by atoms with Gasteiger partial charge in [0.25, 0.3) is 5.91 Å². The number of hydrogen-bond donors (Lipinski definition) is 3. The predicted octanol–water partition coefficient (Wildman–Crippen LogP) is 4.19. The van der Waals surface area contributed by atoms with Crippen LogP contribution >= 0.6 is 11.6 Å². The lowest BCUT2D eigenvalue weighted by Crippen LogP contribution is -2.19. The average Bonchev–Trinajstić information content (AvgIpc) is 2.46. The molecule has 0 saturated carbocycles. The number of hydrogen-bond acceptors (Lipinski definition) is 3. The summed E-state index contributed by atoms with van der Waals surface area (Å²) in [5.74, 6) is -0.995. The van der Waals surface area contributed by atoms with E-state index in [9.17, 15) is 18.0 Å². The Morgan fingerprint density at radius 1 is 1.26 bits per heavy atom. The van der Waals surface area contributed by atoms with Gasteiger partial charge in [-0.1, -0.05) is 17.7 Å². The van der Waals surface area contributed by atoms with E-state index < -0.39 is 23.2 Å². The van der Waals surface area contributed by atoms with Crippen molar-refractivity contribution < 1.29 is 18.0 Å². The van der Waals surface area contributed by atoms with Crippen LogP contribution in [0.2, 0.25) is 5.02 Å². The molecule has 0 saturated heterocycles. The van der Waals surface area contributed by atoms with Gasteiger partial charge in [-0.25, -0.2) is 0 Å². The largest absolute Gasteiger partial charge is 0.417 e. The van der Waals surface area contributed by atoms with Crippen molar-refractivity contribution in [1.29, 1.82) is 5.41 Å². The first-order chi connectivity index (χ1) is 10.7. The van der Waals surface area contributed by atoms with E-state index in [0.29, 0.717) is 5.56 Å². The van der Waals surface area contributed by atoms with E-state index >= 15 is 0 Å². The summed E-state index contributed by atoms with van der Waals surface area (Å²) in [6, 6.07) is 7.36. The Morgan fingerprint density at radius 3 is 2.52 bits per heavy atom. The zero-order chi connectivity index (χ0) is 17.2. The quantitative estimate of drug-likeness (QED) is 0.578. The van der Waals surface area contributed by atoms with E-state index in [1.165, 1.54) is 24.3 Å². The van der Waals surface area contributed by atoms with E-state index in [1.54, 1.807) is 0 Å². The zero-order valence-corrected chi connectivity index (χ0v) is 12.3. The maximum atomic E-state index is 13.0. The molecule has 0 aromatic heterocycles. The summed E-state index contributed by atoms with van der Waals surface area (Å²) in [7, 11) is 0. The average molecular weight is 342 g/mol. The van der Waals surface area contributed by atoms with E-state index in [0.717, 1.165) is 18.3 Å². The van der Waals surface area contributed by atoms with Crippen LogP contribution in [-0.2, 0) is 6.18 Å². The molecule has 0 heterocycles. The highest BCUT2D eigenvalue weighted by atomic mass is 35.5. The van der Waals surface area contributed by atoms with Crippen LogP contribution in [0.5, 0.6) is 0 Å². The minimum absolute atomic E-state index is 0.200. The van der Waals surface area contributed by atoms with Gasteiger partial charge in [-0.2, -0.15) is 13.2 Å². The molecule has 2 rings (SSSR count). The molecule has 0 unspecified atom stereocenters. The third kappa shape index (κ3) is 3.62. The van der Waals surface area contributed by atoms with Gasteiger partial charge < -0.3 is 16.5 Å². The highest BCUT2D eigenvalue weighted by Gasteiger charge is 2.36. The number of nitrogens with two attached hydrogens (primary N) is 1. The van der Waals surface area contributed by atoms with Crippen LogP contribution in [0.4, 0.5) is 24.5 Å². The molecule has 120 valence electrons. The molecule has 4 N–H and O–H groups in total. The normalized spacial score (nSPS) is 11.1. The van der Waals surface area contributed by atoms with Gasteiger partial charge in [0.15, 0.2) is 0 Å². The van der Waals surface area contributed by atoms with Crippen molar-refractivity contribution in [1.82, 2.24) is 0 Å². The lowest BCUT2D eigenvalue weighted by atomic mass is 10.1. The van der Waals surface area contributed by atoms with Crippen molar-refractivity contribution in [2.75, 3.05) is 11.1 Å². The fraction of sp³-hybridized carbons (Fsp3) is 0.0667. The Balaban J connectivity index is 2.39. The summed E-state index contributed by atoms with van der Waals surface area (Å²) in [5.41, 5.74) is 4.74. The number of carbonyl (C=O) groups is 1. The molecule has 8 heteroatoms. The molecular formula is C15H11ClF3N3O. The first-order valence-electron chi connectivity index (χ1n) is 6.31. The predicted molar refractivity (Wildman–Crippen MR) is 83.1 cm³/mol. The number of carbonyl (C=O) groups excluding carboxylic acids is 1. The minimum Gasteiger partial charge on any atom is -0.398 e. The van der Waals surface area contributed by atoms with Gasteiger partial charge in [-0.15, -0.1) is 0 Å². The summed E-state index contributed by atoms with van der Waals surface area (Å²) in [5, 5.41) is 9.14. The highest BCUT2D eigenvalue weighted by Crippen LogP contribution is 2.35. The maximum Gasteiger partial charge on any atom is 0.417 e. The summed E-state index contributed by atoms with van der Waals surface area (Å²) < 4.78 is 39.0. The standard InChI is InChI=1S/C15H11ClF3N3O/c16-11-3-1-2-10(15(17,18)19)13(11)14(23)22-9-5-4-8(7-20)12(21)6-9/h1-7,20H,21H2,(H,22,23). The Bertz CT molecular complexity index is 775. The first-order valence-corrected chi connectivity index (χ1v) is 6.69. The summed E-state index contributed by atoms with van der Waals surface area (Å²) in [6.07, 6.45) is -3.68. The van der Waals surface area contributed by atoms with Crippen molar-refractivity contribution in [2.45, 2.75) is 6.18 Å². The van der Waals surface area contributed by atoms with Crippen LogP contribution in [0.3, 0.4) is 0 Å². The molecule has 2 aromatic carbocycles. The fourth-order valence-electron chi connectivity index (χ4n) is 1.97. The van der Waals surface area contributed by atoms with Crippen LogP contribution in [0.25, 0.3) is 0 Å². The van der Waals surface area contributed by atoms with Gasteiger partial charge in [0, 0.05) is 23.2 Å². The van der Waals surface area contributed by atoms with Gasteiger partial charge in [0.1, 0.15) is 0 Å². The van der Waals surface area contributed by atoms with Crippen LogP contribution in [0.15, 0.2) is 36.4 Å². The molecule has 23 heavy (non-hydrogen) atoms. The van der Waals surface area contributed by atoms with Gasteiger partial charge >= 0.3 is 6.18 Å². The zero-order valence-electron chi connectivity index (χ0n) is 11.5. The number of amides is 1. The fourth-order valence-corrected chi connectivity index (χ4v) is 2.23. The molecule has 1 amide bonds. The molecule has 0 fully saturated rings. The molecule has 0 aliphatic carbocycles. The van der Waals surface area contributed by atoms with E-state index in [4.69, 9.17) is 22.7 Å². The molecule has 0 aliphatic rings. The van der Waals surface area contributed by atoms with Crippen molar-refractivity contribution in [3.05, 3.63) is 58.1 Å². The minimum atomic E-state index is -4.71. The Kier molecular flexibility index (Phi) is 4.60. The second-order valence-electron chi connectivity index (χ2n) is 4.60. The van der Waals surface area contributed by atoms with Gasteiger partial charge in [-0.05, 0) is 30.3 Å². The molecule has 2 aromatic rings. The molecule has 0 spiro atoms. The second-order valence-corrected chi connectivity index (χ2v) is 5.01. The number of benzene rings is 2. The van der Waals surface area contributed by atoms with E-state index in [2.05, 4.69) is 5.32 Å². The number of anilines is 2. The number of halogens is 4. The molecule has 0 atom stereocenters. The SMILES string of the molecule is N=Cc1ccc(NC(=O)c2c(Cl)cccc2C(F)(F)F)cc1N. The Morgan fingerprint density at radius 2 is 1.96 bits per heavy atom. The third-order valence-electron chi connectivity index (χ3n) is 3.05. The van der Waals surface area contributed by atoms with Gasteiger partial charge in [0.2, 0.25) is 0 Å². The van der Waals surface area contributed by atoms with Crippen molar-refractivity contribution in [2.24, 2.45) is 0 Å². The molecule has 0 radical (unpaired) electrons. The highest BCUT2D eigenvalue weighted by molar-refractivity contribution is 6.34.